The first kappa shape index (κ1) is 16.8. The summed E-state index contributed by atoms with van der Waals surface area (Å²) in [6.07, 6.45) is 1.89. The molecule has 0 radical (unpaired) electrons. The molecular formula is C19H21N3O4. The van der Waals surface area contributed by atoms with E-state index in [1.807, 2.05) is 44.2 Å². The molecule has 0 aliphatic carbocycles. The number of morpholine rings is 1. The first-order chi connectivity index (χ1) is 12.6. The summed E-state index contributed by atoms with van der Waals surface area (Å²) in [5.74, 6) is 1.82. The van der Waals surface area contributed by atoms with E-state index in [-0.39, 0.29) is 24.5 Å². The summed E-state index contributed by atoms with van der Waals surface area (Å²) < 4.78 is 17.0. The van der Waals surface area contributed by atoms with E-state index in [1.165, 1.54) is 0 Å². The largest absolute Gasteiger partial charge is 0.488 e. The number of nitrogens with zero attached hydrogens (tertiary/aromatic N) is 3. The van der Waals surface area contributed by atoms with Gasteiger partial charge >= 0.3 is 0 Å². The summed E-state index contributed by atoms with van der Waals surface area (Å²) >= 11 is 0. The van der Waals surface area contributed by atoms with Crippen molar-refractivity contribution < 1.29 is 18.7 Å². The lowest BCUT2D eigenvalue weighted by molar-refractivity contribution is -0.137. The lowest BCUT2D eigenvalue weighted by Crippen LogP contribution is -2.45. The molecule has 7 heteroatoms. The van der Waals surface area contributed by atoms with Crippen LogP contribution in [0.3, 0.4) is 0 Å². The third-order valence-corrected chi connectivity index (χ3v) is 4.53. The Balaban J connectivity index is 1.60. The van der Waals surface area contributed by atoms with Gasteiger partial charge in [0.15, 0.2) is 0 Å². The highest BCUT2D eigenvalue weighted by molar-refractivity contribution is 5.99. The number of amides is 1. The third-order valence-electron chi connectivity index (χ3n) is 4.53. The Hall–Kier alpha value is -2.67. The Labute approximate surface area is 151 Å². The van der Waals surface area contributed by atoms with E-state index in [0.29, 0.717) is 37.1 Å². The van der Waals surface area contributed by atoms with Gasteiger partial charge in [-0.15, -0.1) is 10.2 Å². The summed E-state index contributed by atoms with van der Waals surface area (Å²) in [4.78, 5) is 14.9. The SMILES string of the molecule is CC(C)c1nnc(C2COCCN2C(=O)C2=Cc3ccccc3OC2)o1. The molecule has 0 bridgehead atoms. The average Bonchev–Trinajstić information content (AvgIpc) is 3.17. The van der Waals surface area contributed by atoms with Crippen molar-refractivity contribution in [3.8, 4) is 5.75 Å². The molecule has 7 nitrogen and oxygen atoms in total. The molecule has 0 saturated carbocycles. The van der Waals surface area contributed by atoms with E-state index in [0.717, 1.165) is 11.3 Å². The standard InChI is InChI=1S/C19H21N3O4/c1-12(2)17-20-21-18(26-17)15-11-24-8-7-22(15)19(23)14-9-13-5-3-4-6-16(13)25-10-14/h3-6,9,12,15H,7-8,10-11H2,1-2H3. The van der Waals surface area contributed by atoms with Crippen LogP contribution in [-0.4, -0.2) is 47.4 Å². The van der Waals surface area contributed by atoms with E-state index in [1.54, 1.807) is 4.90 Å². The van der Waals surface area contributed by atoms with Crippen LogP contribution in [0, 0.1) is 0 Å². The fraction of sp³-hybridized carbons (Fsp3) is 0.421. The minimum Gasteiger partial charge on any atom is -0.488 e. The monoisotopic (exact) mass is 355 g/mol. The predicted octanol–water partition coefficient (Wildman–Crippen LogP) is 2.57. The van der Waals surface area contributed by atoms with Crippen molar-refractivity contribution in [1.29, 1.82) is 0 Å². The molecular weight excluding hydrogens is 334 g/mol. The molecule has 26 heavy (non-hydrogen) atoms. The topological polar surface area (TPSA) is 77.7 Å². The van der Waals surface area contributed by atoms with Crippen LogP contribution in [0.25, 0.3) is 6.08 Å². The van der Waals surface area contributed by atoms with Gasteiger partial charge in [0.1, 0.15) is 18.4 Å². The highest BCUT2D eigenvalue weighted by Crippen LogP contribution is 2.30. The second kappa shape index (κ2) is 6.92. The van der Waals surface area contributed by atoms with Crippen LogP contribution in [0.15, 0.2) is 34.3 Å². The molecule has 1 atom stereocenters. The smallest absolute Gasteiger partial charge is 0.254 e. The molecule has 3 heterocycles. The molecule has 1 fully saturated rings. The van der Waals surface area contributed by atoms with Crippen LogP contribution < -0.4 is 4.74 Å². The van der Waals surface area contributed by atoms with Gasteiger partial charge in [-0.2, -0.15) is 0 Å². The minimum atomic E-state index is -0.380. The predicted molar refractivity (Wildman–Crippen MR) is 93.6 cm³/mol. The van der Waals surface area contributed by atoms with Crippen LogP contribution >= 0.6 is 0 Å². The van der Waals surface area contributed by atoms with Gasteiger partial charge in [-0.3, -0.25) is 4.79 Å². The molecule has 136 valence electrons. The lowest BCUT2D eigenvalue weighted by atomic mass is 10.1. The third kappa shape index (κ3) is 3.10. The molecule has 2 aromatic rings. The number of aromatic nitrogens is 2. The normalized spacial score (nSPS) is 19.7. The zero-order valence-corrected chi connectivity index (χ0v) is 14.8. The second-order valence-electron chi connectivity index (χ2n) is 6.72. The van der Waals surface area contributed by atoms with E-state index >= 15 is 0 Å². The van der Waals surface area contributed by atoms with Crippen LogP contribution in [0.4, 0.5) is 0 Å². The summed E-state index contributed by atoms with van der Waals surface area (Å²) in [6.45, 7) is 5.52. The highest BCUT2D eigenvalue weighted by atomic mass is 16.5. The molecule has 0 N–H and O–H groups in total. The van der Waals surface area contributed by atoms with Gasteiger partial charge in [0.2, 0.25) is 11.8 Å². The van der Waals surface area contributed by atoms with Crippen molar-refractivity contribution >= 4 is 12.0 Å². The Morgan fingerprint density at radius 2 is 2.12 bits per heavy atom. The van der Waals surface area contributed by atoms with Crippen molar-refractivity contribution in [2.24, 2.45) is 0 Å². The van der Waals surface area contributed by atoms with E-state index in [4.69, 9.17) is 13.9 Å². The number of rotatable bonds is 3. The van der Waals surface area contributed by atoms with Crippen LogP contribution in [0.5, 0.6) is 5.75 Å². The number of carbonyl (C=O) groups is 1. The number of hydrogen-bond acceptors (Lipinski definition) is 6. The van der Waals surface area contributed by atoms with Crippen molar-refractivity contribution in [3.05, 3.63) is 47.2 Å². The van der Waals surface area contributed by atoms with Crippen LogP contribution in [0.1, 0.15) is 43.2 Å². The van der Waals surface area contributed by atoms with Gasteiger partial charge in [-0.05, 0) is 12.1 Å². The van der Waals surface area contributed by atoms with Gasteiger partial charge in [-0.1, -0.05) is 32.0 Å². The number of para-hydroxylation sites is 1. The number of hydrogen-bond donors (Lipinski definition) is 0. The quantitative estimate of drug-likeness (QED) is 0.842. The molecule has 1 amide bonds. The lowest BCUT2D eigenvalue weighted by Gasteiger charge is -2.34. The molecule has 1 saturated heterocycles. The summed E-state index contributed by atoms with van der Waals surface area (Å²) in [7, 11) is 0. The summed E-state index contributed by atoms with van der Waals surface area (Å²) in [6, 6.07) is 7.30. The van der Waals surface area contributed by atoms with Crippen LogP contribution in [0.2, 0.25) is 0 Å². The highest BCUT2D eigenvalue weighted by Gasteiger charge is 2.35. The zero-order valence-electron chi connectivity index (χ0n) is 14.8. The van der Waals surface area contributed by atoms with Crippen molar-refractivity contribution in [1.82, 2.24) is 15.1 Å². The maximum absolute atomic E-state index is 13.1. The summed E-state index contributed by atoms with van der Waals surface area (Å²) in [5.41, 5.74) is 1.52. The minimum absolute atomic E-state index is 0.0860. The fourth-order valence-electron chi connectivity index (χ4n) is 3.09. The Morgan fingerprint density at radius 1 is 1.27 bits per heavy atom. The molecule has 1 aromatic heterocycles. The van der Waals surface area contributed by atoms with Gasteiger partial charge in [0, 0.05) is 18.0 Å². The van der Waals surface area contributed by atoms with E-state index in [2.05, 4.69) is 10.2 Å². The maximum Gasteiger partial charge on any atom is 0.254 e. The van der Waals surface area contributed by atoms with Gasteiger partial charge < -0.3 is 18.8 Å². The van der Waals surface area contributed by atoms with E-state index < -0.39 is 0 Å². The molecule has 1 aromatic carbocycles. The number of carbonyl (C=O) groups excluding carboxylic acids is 1. The molecule has 4 rings (SSSR count). The van der Waals surface area contributed by atoms with Gasteiger partial charge in [-0.25, -0.2) is 0 Å². The zero-order chi connectivity index (χ0) is 18.1. The maximum atomic E-state index is 13.1. The second-order valence-corrected chi connectivity index (χ2v) is 6.72. The Bertz CT molecular complexity index is 843. The Kier molecular flexibility index (Phi) is 4.46. The Morgan fingerprint density at radius 3 is 2.92 bits per heavy atom. The van der Waals surface area contributed by atoms with Crippen molar-refractivity contribution in [3.63, 3.8) is 0 Å². The molecule has 2 aliphatic rings. The van der Waals surface area contributed by atoms with Crippen LogP contribution in [-0.2, 0) is 9.53 Å². The number of benzene rings is 1. The van der Waals surface area contributed by atoms with Crippen molar-refractivity contribution in [2.45, 2.75) is 25.8 Å². The number of ether oxygens (including phenoxy) is 2. The summed E-state index contributed by atoms with van der Waals surface area (Å²) in [5, 5.41) is 8.21. The fourth-order valence-corrected chi connectivity index (χ4v) is 3.09. The number of fused-ring (bicyclic) bond motifs is 1. The molecule has 1 unspecified atom stereocenters. The first-order valence-corrected chi connectivity index (χ1v) is 8.78. The van der Waals surface area contributed by atoms with Gasteiger partial charge in [0.25, 0.3) is 5.91 Å². The average molecular weight is 355 g/mol. The molecule has 0 spiro atoms. The van der Waals surface area contributed by atoms with Gasteiger partial charge in [0.05, 0.1) is 18.8 Å². The molecule has 2 aliphatic heterocycles. The first-order valence-electron chi connectivity index (χ1n) is 8.78. The van der Waals surface area contributed by atoms with Crippen molar-refractivity contribution in [2.75, 3.05) is 26.4 Å². The van der Waals surface area contributed by atoms with E-state index in [9.17, 15) is 4.79 Å².